The average molecular weight is 282 g/mol. The summed E-state index contributed by atoms with van der Waals surface area (Å²) in [6.45, 7) is 2.76. The third-order valence-electron chi connectivity index (χ3n) is 3.53. The van der Waals surface area contributed by atoms with Gasteiger partial charge in [-0.25, -0.2) is 0 Å². The van der Waals surface area contributed by atoms with Crippen molar-refractivity contribution in [3.8, 4) is 11.5 Å². The lowest BCUT2D eigenvalue weighted by molar-refractivity contribution is 0.0849. The fraction of sp³-hybridized carbons (Fsp3) is 0.278. The molecule has 0 saturated heterocycles. The molecule has 0 N–H and O–H groups in total. The summed E-state index contributed by atoms with van der Waals surface area (Å²) in [5, 5.41) is 0. The summed E-state index contributed by atoms with van der Waals surface area (Å²) in [4.78, 5) is 12.2. The van der Waals surface area contributed by atoms with E-state index in [1.54, 1.807) is 0 Å². The van der Waals surface area contributed by atoms with Crippen LogP contribution in [0.4, 0.5) is 0 Å². The Hall–Kier alpha value is -2.29. The number of benzene rings is 2. The minimum Gasteiger partial charge on any atom is -0.494 e. The van der Waals surface area contributed by atoms with Crippen LogP contribution >= 0.6 is 0 Å². The Morgan fingerprint density at radius 1 is 1.19 bits per heavy atom. The largest absolute Gasteiger partial charge is 0.494 e. The van der Waals surface area contributed by atoms with Gasteiger partial charge in [-0.05, 0) is 36.2 Å². The van der Waals surface area contributed by atoms with E-state index < -0.39 is 0 Å². The zero-order valence-electron chi connectivity index (χ0n) is 12.0. The molecule has 1 atom stereocenters. The normalized spacial score (nSPS) is 17.0. The number of rotatable bonds is 4. The second-order valence-corrected chi connectivity index (χ2v) is 5.15. The van der Waals surface area contributed by atoms with Crippen LogP contribution in [0.3, 0.4) is 0 Å². The lowest BCUT2D eigenvalue weighted by Crippen LogP contribution is -2.20. The monoisotopic (exact) mass is 282 g/mol. The zero-order valence-corrected chi connectivity index (χ0v) is 12.0. The van der Waals surface area contributed by atoms with Crippen molar-refractivity contribution in [3.63, 3.8) is 0 Å². The van der Waals surface area contributed by atoms with Crippen molar-refractivity contribution < 1.29 is 14.3 Å². The number of carbonyl (C=O) groups is 1. The SMILES string of the molecule is CCCOc1cccc(C2CC(=O)c3ccccc3O2)c1. The minimum atomic E-state index is -0.238. The van der Waals surface area contributed by atoms with Gasteiger partial charge in [0.25, 0.3) is 0 Å². The van der Waals surface area contributed by atoms with Gasteiger partial charge in [-0.15, -0.1) is 0 Å². The molecule has 1 unspecified atom stereocenters. The highest BCUT2D eigenvalue weighted by molar-refractivity contribution is 5.99. The number of carbonyl (C=O) groups excluding carboxylic acids is 1. The summed E-state index contributed by atoms with van der Waals surface area (Å²) in [5.41, 5.74) is 1.65. The van der Waals surface area contributed by atoms with Gasteiger partial charge >= 0.3 is 0 Å². The molecule has 0 aliphatic carbocycles. The van der Waals surface area contributed by atoms with Crippen LogP contribution < -0.4 is 9.47 Å². The molecule has 1 aliphatic rings. The van der Waals surface area contributed by atoms with Gasteiger partial charge in [0.15, 0.2) is 5.78 Å². The summed E-state index contributed by atoms with van der Waals surface area (Å²) >= 11 is 0. The summed E-state index contributed by atoms with van der Waals surface area (Å²) < 4.78 is 11.6. The van der Waals surface area contributed by atoms with Crippen LogP contribution in [0.25, 0.3) is 0 Å². The quantitative estimate of drug-likeness (QED) is 0.843. The molecule has 0 radical (unpaired) electrons. The molecule has 1 heterocycles. The smallest absolute Gasteiger partial charge is 0.170 e. The van der Waals surface area contributed by atoms with E-state index in [1.165, 1.54) is 0 Å². The molecule has 0 bridgehead atoms. The van der Waals surface area contributed by atoms with Gasteiger partial charge in [0.1, 0.15) is 17.6 Å². The number of ether oxygens (including phenoxy) is 2. The topological polar surface area (TPSA) is 35.5 Å². The summed E-state index contributed by atoms with van der Waals surface area (Å²) in [6, 6.07) is 15.2. The summed E-state index contributed by atoms with van der Waals surface area (Å²) in [6.07, 6.45) is 1.10. The standard InChI is InChI=1S/C18H18O3/c1-2-10-20-14-7-5-6-13(11-14)18-12-16(19)15-8-3-4-9-17(15)21-18/h3-9,11,18H,2,10,12H2,1H3. The number of fused-ring (bicyclic) bond motifs is 1. The molecule has 2 aromatic rings. The fourth-order valence-electron chi connectivity index (χ4n) is 2.48. The second-order valence-electron chi connectivity index (χ2n) is 5.15. The van der Waals surface area contributed by atoms with E-state index in [2.05, 4.69) is 6.92 Å². The Bertz CT molecular complexity index is 648. The first-order valence-electron chi connectivity index (χ1n) is 7.29. The van der Waals surface area contributed by atoms with Gasteiger partial charge in [0.05, 0.1) is 18.6 Å². The minimum absolute atomic E-state index is 0.127. The van der Waals surface area contributed by atoms with E-state index in [1.807, 2.05) is 48.5 Å². The lowest BCUT2D eigenvalue weighted by atomic mass is 9.96. The molecule has 1 aliphatic heterocycles. The van der Waals surface area contributed by atoms with Gasteiger partial charge in [-0.1, -0.05) is 31.2 Å². The molecule has 0 fully saturated rings. The maximum Gasteiger partial charge on any atom is 0.170 e. The zero-order chi connectivity index (χ0) is 14.7. The van der Waals surface area contributed by atoms with Gasteiger partial charge in [0.2, 0.25) is 0 Å². The van der Waals surface area contributed by atoms with Crippen LogP contribution in [0.1, 0.15) is 41.8 Å². The molecule has 3 rings (SSSR count). The van der Waals surface area contributed by atoms with Gasteiger partial charge < -0.3 is 9.47 Å². The van der Waals surface area contributed by atoms with E-state index in [4.69, 9.17) is 9.47 Å². The Kier molecular flexibility index (Phi) is 3.91. The van der Waals surface area contributed by atoms with E-state index in [-0.39, 0.29) is 11.9 Å². The van der Waals surface area contributed by atoms with Gasteiger partial charge in [-0.2, -0.15) is 0 Å². The number of Topliss-reactive ketones (excluding diaryl/α,β-unsaturated/α-hetero) is 1. The molecule has 108 valence electrons. The van der Waals surface area contributed by atoms with Crippen LogP contribution in [0.5, 0.6) is 11.5 Å². The van der Waals surface area contributed by atoms with E-state index >= 15 is 0 Å². The van der Waals surface area contributed by atoms with Crippen LogP contribution in [0.2, 0.25) is 0 Å². The van der Waals surface area contributed by atoms with Crippen LogP contribution in [0, 0.1) is 0 Å². The van der Waals surface area contributed by atoms with Crippen LogP contribution in [-0.2, 0) is 0 Å². The van der Waals surface area contributed by atoms with Crippen molar-refractivity contribution in [2.75, 3.05) is 6.61 Å². The predicted octanol–water partition coefficient (Wildman–Crippen LogP) is 4.18. The number of hydrogen-bond donors (Lipinski definition) is 0. The molecular weight excluding hydrogens is 264 g/mol. The molecule has 0 spiro atoms. The van der Waals surface area contributed by atoms with Crippen molar-refractivity contribution in [3.05, 3.63) is 59.7 Å². The number of hydrogen-bond acceptors (Lipinski definition) is 3. The summed E-state index contributed by atoms with van der Waals surface area (Å²) in [5.74, 6) is 1.62. The predicted molar refractivity (Wildman–Crippen MR) is 81.0 cm³/mol. The molecule has 0 saturated carbocycles. The first kappa shape index (κ1) is 13.7. The third-order valence-corrected chi connectivity index (χ3v) is 3.53. The fourth-order valence-corrected chi connectivity index (χ4v) is 2.48. The Labute approximate surface area is 124 Å². The van der Waals surface area contributed by atoms with Crippen molar-refractivity contribution in [2.45, 2.75) is 25.9 Å². The highest BCUT2D eigenvalue weighted by Gasteiger charge is 2.27. The van der Waals surface area contributed by atoms with Crippen molar-refractivity contribution in [2.24, 2.45) is 0 Å². The van der Waals surface area contributed by atoms with E-state index in [0.717, 1.165) is 17.7 Å². The van der Waals surface area contributed by atoms with E-state index in [9.17, 15) is 4.79 Å². The Morgan fingerprint density at radius 2 is 2.05 bits per heavy atom. The van der Waals surface area contributed by atoms with Crippen molar-refractivity contribution in [1.29, 1.82) is 0 Å². The summed E-state index contributed by atoms with van der Waals surface area (Å²) in [7, 11) is 0. The molecule has 0 aromatic heterocycles. The number of ketones is 1. The highest BCUT2D eigenvalue weighted by Crippen LogP contribution is 2.35. The molecule has 3 heteroatoms. The highest BCUT2D eigenvalue weighted by atomic mass is 16.5. The second kappa shape index (κ2) is 6.00. The average Bonchev–Trinajstić information content (AvgIpc) is 2.53. The lowest BCUT2D eigenvalue weighted by Gasteiger charge is -2.25. The first-order chi connectivity index (χ1) is 10.3. The molecule has 0 amide bonds. The maximum absolute atomic E-state index is 12.2. The van der Waals surface area contributed by atoms with Crippen molar-refractivity contribution >= 4 is 5.78 Å². The Balaban J connectivity index is 1.84. The molecular formula is C18H18O3. The molecule has 21 heavy (non-hydrogen) atoms. The van der Waals surface area contributed by atoms with Crippen LogP contribution in [0.15, 0.2) is 48.5 Å². The van der Waals surface area contributed by atoms with Gasteiger partial charge in [0, 0.05) is 0 Å². The van der Waals surface area contributed by atoms with Crippen LogP contribution in [-0.4, -0.2) is 12.4 Å². The first-order valence-corrected chi connectivity index (χ1v) is 7.29. The van der Waals surface area contributed by atoms with Gasteiger partial charge in [-0.3, -0.25) is 4.79 Å². The number of para-hydroxylation sites is 1. The van der Waals surface area contributed by atoms with Crippen molar-refractivity contribution in [1.82, 2.24) is 0 Å². The maximum atomic E-state index is 12.2. The Morgan fingerprint density at radius 3 is 2.90 bits per heavy atom. The van der Waals surface area contributed by atoms with E-state index in [0.29, 0.717) is 24.3 Å². The third kappa shape index (κ3) is 2.92. The molecule has 2 aromatic carbocycles. The molecule has 3 nitrogen and oxygen atoms in total.